The molecule has 102 valence electrons. The molecule has 1 aromatic rings. The highest BCUT2D eigenvalue weighted by Crippen LogP contribution is 2.36. The van der Waals surface area contributed by atoms with E-state index in [1.165, 1.54) is 0 Å². The maximum absolute atomic E-state index is 6.28. The number of hydrogen-bond acceptors (Lipinski definition) is 3. The van der Waals surface area contributed by atoms with Crippen molar-refractivity contribution in [1.29, 1.82) is 0 Å². The van der Waals surface area contributed by atoms with Crippen molar-refractivity contribution in [3.63, 3.8) is 0 Å². The van der Waals surface area contributed by atoms with Crippen LogP contribution in [0.5, 0.6) is 0 Å². The summed E-state index contributed by atoms with van der Waals surface area (Å²) in [5, 5.41) is 1.10. The van der Waals surface area contributed by atoms with Gasteiger partial charge in [0.1, 0.15) is 0 Å². The molecule has 0 aliphatic carbocycles. The van der Waals surface area contributed by atoms with Gasteiger partial charge in [-0.25, -0.2) is 0 Å². The lowest BCUT2D eigenvalue weighted by molar-refractivity contribution is 0.437. The molecule has 2 unspecified atom stereocenters. The van der Waals surface area contributed by atoms with Gasteiger partial charge in [0, 0.05) is 28.6 Å². The van der Waals surface area contributed by atoms with Crippen LogP contribution in [0.15, 0.2) is 24.3 Å². The Morgan fingerprint density at radius 1 is 1.33 bits per heavy atom. The smallest absolute Gasteiger partial charge is 0.0463 e. The lowest BCUT2D eigenvalue weighted by Gasteiger charge is -2.24. The molecule has 2 nitrogen and oxygen atoms in total. The molecule has 18 heavy (non-hydrogen) atoms. The zero-order chi connectivity index (χ0) is 13.5. The number of halogens is 1. The van der Waals surface area contributed by atoms with E-state index < -0.39 is 0 Å². The second-order valence-corrected chi connectivity index (χ2v) is 6.34. The van der Waals surface area contributed by atoms with Crippen LogP contribution in [0.1, 0.15) is 24.2 Å². The highest BCUT2D eigenvalue weighted by molar-refractivity contribution is 7.99. The number of nitrogens with zero attached hydrogens (tertiary/aromatic N) is 1. The molecular weight excluding hydrogens is 264 g/mol. The average molecular weight is 287 g/mol. The number of thioether (sulfide) groups is 1. The fourth-order valence-corrected chi connectivity index (χ4v) is 3.59. The second kappa shape index (κ2) is 8.05. The molecule has 1 aromatic carbocycles. The third kappa shape index (κ3) is 4.81. The van der Waals surface area contributed by atoms with E-state index in [-0.39, 0.29) is 11.3 Å². The van der Waals surface area contributed by atoms with Crippen molar-refractivity contribution in [3.05, 3.63) is 34.9 Å². The molecule has 2 atom stereocenters. The normalized spacial score (nSPS) is 14.8. The molecule has 2 N–H and O–H groups in total. The minimum absolute atomic E-state index is 0.150. The Kier molecular flexibility index (Phi) is 7.08. The molecule has 0 radical (unpaired) electrons. The van der Waals surface area contributed by atoms with Gasteiger partial charge in [-0.2, -0.15) is 11.8 Å². The van der Waals surface area contributed by atoms with Crippen LogP contribution in [0.3, 0.4) is 0 Å². The van der Waals surface area contributed by atoms with Gasteiger partial charge in [0.05, 0.1) is 0 Å². The first kappa shape index (κ1) is 15.8. The maximum Gasteiger partial charge on any atom is 0.0463 e. The molecule has 1 rings (SSSR count). The molecule has 0 saturated carbocycles. The number of nitrogens with two attached hydrogens (primary N) is 1. The molecule has 0 spiro atoms. The minimum atomic E-state index is 0.150. The number of hydrogen-bond donors (Lipinski definition) is 1. The van der Waals surface area contributed by atoms with Crippen LogP contribution in [0.25, 0.3) is 0 Å². The summed E-state index contributed by atoms with van der Waals surface area (Å²) in [6.07, 6.45) is 0.963. The minimum Gasteiger partial charge on any atom is -0.326 e. The van der Waals surface area contributed by atoms with E-state index >= 15 is 0 Å². The van der Waals surface area contributed by atoms with E-state index in [1.54, 1.807) is 0 Å². The molecule has 0 fully saturated rings. The van der Waals surface area contributed by atoms with Crippen molar-refractivity contribution < 1.29 is 0 Å². The average Bonchev–Trinajstić information content (AvgIpc) is 2.35. The van der Waals surface area contributed by atoms with Crippen molar-refractivity contribution in [1.82, 2.24) is 4.90 Å². The largest absolute Gasteiger partial charge is 0.326 e. The summed E-state index contributed by atoms with van der Waals surface area (Å²) < 4.78 is 0. The molecule has 0 aliphatic rings. The summed E-state index contributed by atoms with van der Waals surface area (Å²) >= 11 is 8.18. The fourth-order valence-electron chi connectivity index (χ4n) is 1.73. The maximum atomic E-state index is 6.28. The SMILES string of the molecule is CCC(N)C(SCCN(C)C)c1ccccc1Cl. The van der Waals surface area contributed by atoms with E-state index in [2.05, 4.69) is 32.0 Å². The first-order chi connectivity index (χ1) is 8.56. The Morgan fingerprint density at radius 3 is 2.56 bits per heavy atom. The monoisotopic (exact) mass is 286 g/mol. The van der Waals surface area contributed by atoms with E-state index in [1.807, 2.05) is 30.0 Å². The number of benzene rings is 1. The zero-order valence-corrected chi connectivity index (χ0v) is 13.0. The highest BCUT2D eigenvalue weighted by Gasteiger charge is 2.20. The molecule has 0 aliphatic heterocycles. The van der Waals surface area contributed by atoms with E-state index in [0.717, 1.165) is 29.3 Å². The standard InChI is InChI=1S/C14H23ClN2S/c1-4-13(16)14(18-10-9-17(2)3)11-7-5-6-8-12(11)15/h5-8,13-14H,4,9-10,16H2,1-3H3. The van der Waals surface area contributed by atoms with Crippen LogP contribution in [0.2, 0.25) is 5.02 Å². The Morgan fingerprint density at radius 2 is 2.00 bits per heavy atom. The van der Waals surface area contributed by atoms with Gasteiger partial charge in [-0.3, -0.25) is 0 Å². The van der Waals surface area contributed by atoms with E-state index in [4.69, 9.17) is 17.3 Å². The van der Waals surface area contributed by atoms with Crippen molar-refractivity contribution in [2.75, 3.05) is 26.4 Å². The van der Waals surface area contributed by atoms with Gasteiger partial charge < -0.3 is 10.6 Å². The first-order valence-electron chi connectivity index (χ1n) is 6.32. The van der Waals surface area contributed by atoms with Gasteiger partial charge >= 0.3 is 0 Å². The molecule has 0 saturated heterocycles. The lowest BCUT2D eigenvalue weighted by atomic mass is 10.0. The van der Waals surface area contributed by atoms with Crippen molar-refractivity contribution in [2.24, 2.45) is 5.73 Å². The predicted octanol–water partition coefficient (Wildman–Crippen LogP) is 3.41. The van der Waals surface area contributed by atoms with Crippen molar-refractivity contribution in [2.45, 2.75) is 24.6 Å². The molecular formula is C14H23ClN2S. The summed E-state index contributed by atoms with van der Waals surface area (Å²) in [6, 6.07) is 8.18. The molecule has 0 aromatic heterocycles. The molecule has 4 heteroatoms. The summed E-state index contributed by atoms with van der Waals surface area (Å²) in [5.41, 5.74) is 7.41. The van der Waals surface area contributed by atoms with Gasteiger partial charge in [0.2, 0.25) is 0 Å². The van der Waals surface area contributed by atoms with E-state index in [9.17, 15) is 0 Å². The predicted molar refractivity (Wildman–Crippen MR) is 83.5 cm³/mol. The Labute approximate surface area is 120 Å². The highest BCUT2D eigenvalue weighted by atomic mass is 35.5. The fraction of sp³-hybridized carbons (Fsp3) is 0.571. The van der Waals surface area contributed by atoms with Crippen LogP contribution in [-0.4, -0.2) is 37.3 Å². The molecule has 0 bridgehead atoms. The van der Waals surface area contributed by atoms with Gasteiger partial charge in [-0.05, 0) is 32.1 Å². The quantitative estimate of drug-likeness (QED) is 0.833. The van der Waals surface area contributed by atoms with Gasteiger partial charge in [-0.1, -0.05) is 36.7 Å². The third-order valence-electron chi connectivity index (χ3n) is 2.91. The Bertz CT molecular complexity index is 357. The first-order valence-corrected chi connectivity index (χ1v) is 7.75. The van der Waals surface area contributed by atoms with Crippen LogP contribution in [0.4, 0.5) is 0 Å². The van der Waals surface area contributed by atoms with Gasteiger partial charge in [-0.15, -0.1) is 0 Å². The van der Waals surface area contributed by atoms with Crippen LogP contribution < -0.4 is 5.73 Å². The van der Waals surface area contributed by atoms with Gasteiger partial charge in [0.15, 0.2) is 0 Å². The topological polar surface area (TPSA) is 29.3 Å². The second-order valence-electron chi connectivity index (χ2n) is 4.69. The zero-order valence-electron chi connectivity index (χ0n) is 11.4. The van der Waals surface area contributed by atoms with E-state index in [0.29, 0.717) is 0 Å². The van der Waals surface area contributed by atoms with Crippen molar-refractivity contribution >= 4 is 23.4 Å². The Hall–Kier alpha value is -0.220. The van der Waals surface area contributed by atoms with Crippen LogP contribution in [-0.2, 0) is 0 Å². The summed E-state index contributed by atoms with van der Waals surface area (Å²) in [5.74, 6) is 1.07. The number of rotatable bonds is 7. The van der Waals surface area contributed by atoms with Gasteiger partial charge in [0.25, 0.3) is 0 Å². The summed E-state index contributed by atoms with van der Waals surface area (Å²) in [7, 11) is 4.18. The summed E-state index contributed by atoms with van der Waals surface area (Å²) in [4.78, 5) is 2.19. The Balaban J connectivity index is 2.75. The lowest BCUT2D eigenvalue weighted by Crippen LogP contribution is -2.27. The van der Waals surface area contributed by atoms with Crippen molar-refractivity contribution in [3.8, 4) is 0 Å². The van der Waals surface area contributed by atoms with Crippen LogP contribution in [0, 0.1) is 0 Å². The third-order valence-corrected chi connectivity index (χ3v) is 4.63. The molecule has 0 heterocycles. The van der Waals surface area contributed by atoms with Crippen LogP contribution >= 0.6 is 23.4 Å². The molecule has 0 amide bonds. The summed E-state index contributed by atoms with van der Waals surface area (Å²) in [6.45, 7) is 3.18.